The number of carbonyl (C=O) groups is 1. The Hall–Kier alpha value is -5.49. The first kappa shape index (κ1) is 58.7. The maximum absolute atomic E-state index is 12.8. The molecule has 0 N–H and O–H groups in total. The summed E-state index contributed by atoms with van der Waals surface area (Å²) < 4.78 is 78.7. The van der Waals surface area contributed by atoms with Crippen LogP contribution in [0.25, 0.3) is 0 Å². The summed E-state index contributed by atoms with van der Waals surface area (Å²) in [7, 11) is 3.26. The van der Waals surface area contributed by atoms with Crippen LogP contribution in [-0.4, -0.2) is 107 Å². The van der Waals surface area contributed by atoms with Crippen LogP contribution in [0.5, 0.6) is 0 Å². The summed E-state index contributed by atoms with van der Waals surface area (Å²) >= 11 is 0. The van der Waals surface area contributed by atoms with Crippen molar-refractivity contribution in [3.05, 3.63) is 215 Å². The molecule has 2 aliphatic heterocycles. The second kappa shape index (κ2) is 32.6. The van der Waals surface area contributed by atoms with E-state index in [0.717, 1.165) is 65.4 Å². The molecule has 2 fully saturated rings. The molecule has 0 aromatic heterocycles. The van der Waals surface area contributed by atoms with Gasteiger partial charge in [-0.2, -0.15) is 0 Å². The first-order chi connectivity index (χ1) is 38.5. The van der Waals surface area contributed by atoms with Crippen molar-refractivity contribution in [2.75, 3.05) is 27.4 Å². The summed E-state index contributed by atoms with van der Waals surface area (Å²) in [5.74, 6) is 0. The predicted molar refractivity (Wildman–Crippen MR) is 296 cm³/mol. The van der Waals surface area contributed by atoms with Gasteiger partial charge in [-0.15, -0.1) is 0 Å². The highest BCUT2D eigenvalue weighted by atomic mass is 16.7. The Morgan fingerprint density at radius 3 is 1.06 bits per heavy atom. The topological polar surface area (TPSA) is 128 Å². The van der Waals surface area contributed by atoms with Crippen molar-refractivity contribution in [1.29, 1.82) is 0 Å². The Morgan fingerprint density at radius 2 is 0.718 bits per heavy atom. The van der Waals surface area contributed by atoms with E-state index < -0.39 is 67.5 Å². The van der Waals surface area contributed by atoms with Crippen LogP contribution in [0.15, 0.2) is 182 Å². The number of aldehydes is 1. The van der Waals surface area contributed by atoms with Gasteiger partial charge in [-0.3, -0.25) is 0 Å². The minimum absolute atomic E-state index is 0.186. The lowest BCUT2D eigenvalue weighted by molar-refractivity contribution is -0.330. The number of unbranched alkanes of at least 4 members (excludes halogenated alkanes) is 2. The molecule has 0 radical (unpaired) electrons. The average molecular weight is 1070 g/mol. The lowest BCUT2D eigenvalue weighted by atomic mass is 9.97. The third-order valence-corrected chi connectivity index (χ3v) is 14.1. The number of ether oxygens (including phenoxy) is 12. The zero-order valence-corrected chi connectivity index (χ0v) is 45.3. The lowest BCUT2D eigenvalue weighted by Crippen LogP contribution is -2.62. The van der Waals surface area contributed by atoms with E-state index >= 15 is 0 Å². The maximum atomic E-state index is 12.8. The van der Waals surface area contributed by atoms with Crippen molar-refractivity contribution in [3.8, 4) is 0 Å². The van der Waals surface area contributed by atoms with Crippen molar-refractivity contribution in [3.63, 3.8) is 0 Å². The molecular formula is C65H78O13. The van der Waals surface area contributed by atoms with Crippen LogP contribution < -0.4 is 0 Å². The Morgan fingerprint density at radius 1 is 0.397 bits per heavy atom. The Balaban J connectivity index is 0.898. The van der Waals surface area contributed by atoms with Crippen LogP contribution in [-0.2, 0) is 101 Å². The fourth-order valence-corrected chi connectivity index (χ4v) is 9.92. The number of methoxy groups -OCH3 is 2. The van der Waals surface area contributed by atoms with E-state index in [2.05, 4.69) is 0 Å². The summed E-state index contributed by atoms with van der Waals surface area (Å²) in [6, 6.07) is 60.1. The van der Waals surface area contributed by atoms with Crippen molar-refractivity contribution >= 4 is 6.29 Å². The van der Waals surface area contributed by atoms with Gasteiger partial charge in [-0.25, -0.2) is 0 Å². The molecule has 0 amide bonds. The van der Waals surface area contributed by atoms with E-state index in [0.29, 0.717) is 46.1 Å². The molecule has 13 heteroatoms. The van der Waals surface area contributed by atoms with Gasteiger partial charge in [0.05, 0.1) is 59.0 Å². The van der Waals surface area contributed by atoms with E-state index in [1.807, 2.05) is 189 Å². The minimum Gasteiger partial charge on any atom is -0.374 e. The molecule has 2 aliphatic rings. The van der Waals surface area contributed by atoms with Crippen LogP contribution in [0.2, 0.25) is 0 Å². The molecule has 2 heterocycles. The van der Waals surface area contributed by atoms with Crippen LogP contribution in [0.4, 0.5) is 0 Å². The van der Waals surface area contributed by atoms with Crippen molar-refractivity contribution in [2.24, 2.45) is 0 Å². The van der Waals surface area contributed by atoms with E-state index in [4.69, 9.17) is 56.8 Å². The Bertz CT molecular complexity index is 2510. The maximum Gasteiger partial charge on any atom is 0.187 e. The number of hydrogen-bond acceptors (Lipinski definition) is 13. The van der Waals surface area contributed by atoms with Crippen molar-refractivity contribution in [1.82, 2.24) is 0 Å². The van der Waals surface area contributed by atoms with Crippen LogP contribution in [0.1, 0.15) is 72.4 Å². The van der Waals surface area contributed by atoms with Gasteiger partial charge in [0.25, 0.3) is 0 Å². The fourth-order valence-electron chi connectivity index (χ4n) is 9.92. The van der Waals surface area contributed by atoms with Gasteiger partial charge in [0, 0.05) is 14.2 Å². The van der Waals surface area contributed by atoms with Crippen molar-refractivity contribution < 1.29 is 61.6 Å². The predicted octanol–water partition coefficient (Wildman–Crippen LogP) is 11.2. The zero-order valence-electron chi connectivity index (χ0n) is 45.3. The molecule has 416 valence electrons. The summed E-state index contributed by atoms with van der Waals surface area (Å²) in [4.78, 5) is 12.8. The largest absolute Gasteiger partial charge is 0.374 e. The monoisotopic (exact) mass is 1070 g/mol. The quantitative estimate of drug-likeness (QED) is 0.0287. The second-order valence-corrected chi connectivity index (χ2v) is 19.9. The first-order valence-corrected chi connectivity index (χ1v) is 27.5. The number of carbonyl (C=O) groups excluding carboxylic acids is 1. The van der Waals surface area contributed by atoms with E-state index in [1.54, 1.807) is 14.2 Å². The molecule has 6 aromatic carbocycles. The van der Waals surface area contributed by atoms with Gasteiger partial charge in [0.2, 0.25) is 0 Å². The smallest absolute Gasteiger partial charge is 0.187 e. The second-order valence-electron chi connectivity index (χ2n) is 19.9. The minimum atomic E-state index is -0.957. The average Bonchev–Trinajstić information content (AvgIpc) is 3.54. The van der Waals surface area contributed by atoms with Crippen LogP contribution in [0, 0.1) is 0 Å². The highest BCUT2D eigenvalue weighted by molar-refractivity contribution is 5.55. The molecule has 13 nitrogen and oxygen atoms in total. The van der Waals surface area contributed by atoms with Gasteiger partial charge in [-0.1, -0.05) is 201 Å². The Labute approximate surface area is 461 Å². The highest BCUT2D eigenvalue weighted by Crippen LogP contribution is 2.34. The summed E-state index contributed by atoms with van der Waals surface area (Å²) in [5.41, 5.74) is 6.14. The van der Waals surface area contributed by atoms with Crippen LogP contribution >= 0.6 is 0 Å². The van der Waals surface area contributed by atoms with E-state index in [9.17, 15) is 4.79 Å². The number of benzene rings is 6. The van der Waals surface area contributed by atoms with Gasteiger partial charge in [0.1, 0.15) is 61.2 Å². The van der Waals surface area contributed by atoms with Gasteiger partial charge < -0.3 is 61.6 Å². The molecule has 8 rings (SSSR count). The Kier molecular flexibility index (Phi) is 24.5. The molecule has 12 atom stereocenters. The molecule has 6 aromatic rings. The molecule has 0 spiro atoms. The molecule has 2 saturated heterocycles. The highest BCUT2D eigenvalue weighted by Gasteiger charge is 2.50. The van der Waals surface area contributed by atoms with Gasteiger partial charge in [-0.05, 0) is 53.1 Å². The molecule has 0 bridgehead atoms. The van der Waals surface area contributed by atoms with Crippen molar-refractivity contribution in [2.45, 2.75) is 152 Å². The van der Waals surface area contributed by atoms with Gasteiger partial charge >= 0.3 is 0 Å². The molecule has 0 saturated carbocycles. The third-order valence-electron chi connectivity index (χ3n) is 14.1. The van der Waals surface area contributed by atoms with E-state index in [-0.39, 0.29) is 19.3 Å². The number of rotatable bonds is 33. The number of hydrogen-bond donors (Lipinski definition) is 0. The van der Waals surface area contributed by atoms with Gasteiger partial charge in [0.15, 0.2) is 12.6 Å². The summed E-state index contributed by atoms with van der Waals surface area (Å²) in [5, 5.41) is 0. The molecule has 0 unspecified atom stereocenters. The fraction of sp³-hybridized carbons (Fsp3) is 0.431. The first-order valence-electron chi connectivity index (χ1n) is 27.5. The third kappa shape index (κ3) is 18.3. The lowest BCUT2D eigenvalue weighted by Gasteiger charge is -2.46. The molecule has 78 heavy (non-hydrogen) atoms. The van der Waals surface area contributed by atoms with E-state index in [1.165, 1.54) is 0 Å². The standard InChI is InChI=1S/C65H78O13/c1-48(75-64-62(67-2)60(73-44-53-34-20-9-21-35-53)58(71-42-51-30-16-7-17-31-51)56(77-64)46-69-40-49-26-12-5-13-27-49)25-11-4-24-38-55(39-66)76-65-63(68-3)61(74-45-54-36-22-10-23-37-54)59(72-43-52-32-18-8-19-33-52)57(78-65)47-70-41-50-28-14-6-15-29-50/h5-10,12-23,26-37,39,48,55-65H,4,11,24-25,38,40-47H2,1-3H3/t48-,55-,56-,57-,58-,59-,60+,61+,62-,63-,64-,65-/m1/s1. The molecule has 0 aliphatic carbocycles. The normalized spacial score (nSPS) is 24.1. The zero-order chi connectivity index (χ0) is 54.0. The SMILES string of the molecule is CO[C@H]1[C@H](O[C@H](C)CCCCC[C@H](C=O)O[C@@H]2O[C@H](COCc3ccccc3)[C@@H](OCc3ccccc3)[C@H](OCc3ccccc3)[C@H]2OC)O[C@H](COCc2ccccc2)[C@@H](OCc2ccccc2)[C@@H]1OCc1ccccc1. The summed E-state index contributed by atoms with van der Waals surface area (Å²) in [6.07, 6.45) is -3.15. The molecular weight excluding hydrogens is 989 g/mol. The summed E-state index contributed by atoms with van der Waals surface area (Å²) in [6.45, 7) is 4.57. The van der Waals surface area contributed by atoms with Crippen LogP contribution in [0.3, 0.4) is 0 Å².